The standard InChI is InChI=1S/C42H64N2.2C23H47.Pd/c1-9-17-21-22-26-40-39(25-20-12-4)41(35-27-31(13-5)37(23-18-10-2)32(14-6)28-35)44(43)42(40)36-29-33(15-7)38(24-19-11-3)34(16-8)30-36;2*1-3-5-7-9-11-13-15-17-19-21-23-22-20-18-16-14-12-10-8-6-4-2;/h27-30H,9-26H2,1-8H3;2*1,3-23H2,2H3;. The van der Waals surface area contributed by atoms with E-state index in [1.54, 1.807) is 25.6 Å². The molecule has 0 atom stereocenters. The predicted octanol–water partition coefficient (Wildman–Crippen LogP) is 31.3. The third kappa shape index (κ3) is 39.9. The monoisotopic (exact) mass is 1350 g/mol. The third-order valence-electron chi connectivity index (χ3n) is 20.6. The maximum absolute atomic E-state index is 12.4. The van der Waals surface area contributed by atoms with Crippen LogP contribution in [0.1, 0.15) is 460 Å². The molecule has 91 heavy (non-hydrogen) atoms. The van der Waals surface area contributed by atoms with Crippen molar-refractivity contribution >= 4 is 11.4 Å². The van der Waals surface area contributed by atoms with Crippen molar-refractivity contribution in [2.75, 3.05) is 0 Å². The molecule has 0 fully saturated rings. The van der Waals surface area contributed by atoms with Crippen LogP contribution < -0.4 is 0 Å². The van der Waals surface area contributed by atoms with Crippen LogP contribution in [-0.4, -0.2) is 4.70 Å². The molecule has 2 nitrogen and oxygen atoms in total. The molecule has 3 heteroatoms. The third-order valence-corrected chi connectivity index (χ3v) is 22.8. The maximum atomic E-state index is 12.4. The molecule has 0 radical (unpaired) electrons. The van der Waals surface area contributed by atoms with E-state index in [0.717, 1.165) is 93.6 Å². The molecule has 3 rings (SSSR count). The predicted molar refractivity (Wildman–Crippen MR) is 408 cm³/mol. The van der Waals surface area contributed by atoms with Gasteiger partial charge < -0.3 is 5.53 Å². The first kappa shape index (κ1) is 85.3. The Hall–Kier alpha value is -1.82. The number of aryl methyl sites for hydroxylation is 4. The Morgan fingerprint density at radius 3 is 0.670 bits per heavy atom. The number of unbranched alkanes of at least 4 members (excludes halogenated alkanes) is 46. The van der Waals surface area contributed by atoms with Gasteiger partial charge in [-0.2, -0.15) is 0 Å². The van der Waals surface area contributed by atoms with Crippen molar-refractivity contribution in [3.05, 3.63) is 85.5 Å². The fourth-order valence-electron chi connectivity index (χ4n) is 14.6. The Kier molecular flexibility index (Phi) is 57.9. The molecule has 1 aliphatic heterocycles. The molecular weight excluding hydrogens is 1190 g/mol. The number of hydrogen-bond donors (Lipinski definition) is 0. The number of nitrogens with zero attached hydrogens (tertiary/aromatic N) is 2. The van der Waals surface area contributed by atoms with Gasteiger partial charge in [-0.05, 0) is 135 Å². The topological polar surface area (TPSA) is 25.3 Å². The fourth-order valence-corrected chi connectivity index (χ4v) is 16.5. The second-order valence-electron chi connectivity index (χ2n) is 28.7. The van der Waals surface area contributed by atoms with E-state index < -0.39 is 0 Å². The van der Waals surface area contributed by atoms with E-state index in [4.69, 9.17) is 0 Å². The Morgan fingerprint density at radius 1 is 0.242 bits per heavy atom. The Morgan fingerprint density at radius 2 is 0.440 bits per heavy atom. The van der Waals surface area contributed by atoms with Gasteiger partial charge in [0.05, 0.1) is 0 Å². The van der Waals surface area contributed by atoms with Gasteiger partial charge in [-0.15, -0.1) is 0 Å². The average molecular weight is 1350 g/mol. The minimum absolute atomic E-state index is 1.02. The molecule has 0 unspecified atom stereocenters. The minimum atomic E-state index is 1.02. The van der Waals surface area contributed by atoms with Crippen LogP contribution in [-0.2, 0) is 56.5 Å². The smallest absolute Gasteiger partial charge is 0.0654 e. The van der Waals surface area contributed by atoms with Crippen LogP contribution in [0.15, 0.2) is 35.4 Å². The van der Waals surface area contributed by atoms with Crippen LogP contribution in [0, 0.1) is 0 Å². The summed E-state index contributed by atoms with van der Waals surface area (Å²) in [6.07, 6.45) is 83.2. The van der Waals surface area contributed by atoms with E-state index in [1.165, 1.54) is 366 Å². The zero-order valence-electron chi connectivity index (χ0n) is 63.4. The Balaban J connectivity index is 0.000000621. The summed E-state index contributed by atoms with van der Waals surface area (Å²) in [5.74, 6) is 0. The van der Waals surface area contributed by atoms with Crippen LogP contribution >= 0.6 is 0 Å². The van der Waals surface area contributed by atoms with Crippen molar-refractivity contribution in [2.24, 2.45) is 0 Å². The first-order valence-electron chi connectivity index (χ1n) is 41.6. The van der Waals surface area contributed by atoms with Crippen molar-refractivity contribution in [2.45, 2.75) is 464 Å². The molecule has 0 spiro atoms. The molecule has 0 saturated heterocycles. The summed E-state index contributed by atoms with van der Waals surface area (Å²) >= 11 is 1.06. The zero-order chi connectivity index (χ0) is 65.9. The van der Waals surface area contributed by atoms with E-state index >= 15 is 0 Å². The molecule has 0 aliphatic carbocycles. The summed E-state index contributed by atoms with van der Waals surface area (Å²) in [7, 11) is 0. The van der Waals surface area contributed by atoms with Crippen LogP contribution in [0.5, 0.6) is 0 Å². The Bertz CT molecular complexity index is 1980. The molecule has 0 N–H and O–H groups in total. The van der Waals surface area contributed by atoms with Crippen LogP contribution in [0.25, 0.3) is 16.9 Å². The number of benzene rings is 2. The van der Waals surface area contributed by atoms with E-state index in [9.17, 15) is 5.53 Å². The van der Waals surface area contributed by atoms with E-state index in [1.807, 2.05) is 0 Å². The SMILES string of the molecule is CCCCCCC1=C(c2cc(CC)c(CCCC)c(CC)c2)[N+](=[N-])C(c2cc(CC)c(CCCC)c(CC)c2)=C1CCCC.CCCCCCCCCCCCCCCCCCCCCC[CH2][Pd][CH2]CCCCCCCCCCCCCCCCCCCCCC. The van der Waals surface area contributed by atoms with Crippen molar-refractivity contribution in [1.29, 1.82) is 0 Å². The molecule has 1 heterocycles. The van der Waals surface area contributed by atoms with Gasteiger partial charge in [-0.1, -0.05) is 236 Å². The normalized spacial score (nSPS) is 12.6. The van der Waals surface area contributed by atoms with E-state index in [-0.39, 0.29) is 0 Å². The summed E-state index contributed by atoms with van der Waals surface area (Å²) in [4.78, 5) is 3.10. The van der Waals surface area contributed by atoms with Crippen molar-refractivity contribution in [3.8, 4) is 0 Å². The van der Waals surface area contributed by atoms with Crippen LogP contribution in [0.4, 0.5) is 0 Å². The first-order chi connectivity index (χ1) is 44.8. The Labute approximate surface area is 580 Å². The summed E-state index contributed by atoms with van der Waals surface area (Å²) in [6.45, 7) is 23.0. The summed E-state index contributed by atoms with van der Waals surface area (Å²) in [6, 6.07) is 9.71. The summed E-state index contributed by atoms with van der Waals surface area (Å²) < 4.78 is 1.64. The van der Waals surface area contributed by atoms with Gasteiger partial charge in [0.2, 0.25) is 11.4 Å². The molecule has 0 aromatic heterocycles. The van der Waals surface area contributed by atoms with Gasteiger partial charge >= 0.3 is 169 Å². The zero-order valence-corrected chi connectivity index (χ0v) is 64.9. The van der Waals surface area contributed by atoms with E-state index in [0.29, 0.717) is 0 Å². The first-order valence-corrected chi connectivity index (χ1v) is 43.8. The number of rotatable bonds is 64. The molecule has 2 aromatic carbocycles. The van der Waals surface area contributed by atoms with Gasteiger partial charge in [0, 0.05) is 22.3 Å². The molecule has 530 valence electrons. The second-order valence-corrected chi connectivity index (χ2v) is 31.0. The van der Waals surface area contributed by atoms with Crippen molar-refractivity contribution in [1.82, 2.24) is 0 Å². The quantitative estimate of drug-likeness (QED) is 0.0358. The minimum Gasteiger partial charge on any atom is -0.0654 e. The summed E-state index contributed by atoms with van der Waals surface area (Å²) in [5.41, 5.74) is 28.6. The number of hydrogen-bond acceptors (Lipinski definition) is 0. The van der Waals surface area contributed by atoms with Gasteiger partial charge in [-0.25, -0.2) is 4.70 Å². The van der Waals surface area contributed by atoms with Crippen molar-refractivity contribution < 1.29 is 22.7 Å². The van der Waals surface area contributed by atoms with Crippen molar-refractivity contribution in [3.63, 3.8) is 0 Å². The molecule has 1 aliphatic rings. The van der Waals surface area contributed by atoms with Crippen LogP contribution in [0.2, 0.25) is 9.79 Å². The average Bonchev–Trinajstić information content (AvgIpc) is 1.63. The molecular formula is C88H158N2Pd. The molecule has 0 amide bonds. The van der Waals surface area contributed by atoms with Gasteiger partial charge in [-0.3, -0.25) is 0 Å². The van der Waals surface area contributed by atoms with Gasteiger partial charge in [0.25, 0.3) is 0 Å². The van der Waals surface area contributed by atoms with Gasteiger partial charge in [0.1, 0.15) is 0 Å². The van der Waals surface area contributed by atoms with Gasteiger partial charge in [0.15, 0.2) is 0 Å². The fraction of sp³-hybridized carbons (Fsp3) is 0.818. The molecule has 0 saturated carbocycles. The second kappa shape index (κ2) is 61.8. The molecule has 2 aromatic rings. The molecule has 0 bridgehead atoms. The van der Waals surface area contributed by atoms with Crippen LogP contribution in [0.3, 0.4) is 0 Å². The number of allylic oxidation sites excluding steroid dienone is 2. The summed E-state index contributed by atoms with van der Waals surface area (Å²) in [5, 5.41) is 0. The van der Waals surface area contributed by atoms with E-state index in [2.05, 4.69) is 93.5 Å².